The van der Waals surface area contributed by atoms with Crippen LogP contribution in [0.15, 0.2) is 42.5 Å². The van der Waals surface area contributed by atoms with Crippen molar-refractivity contribution >= 4 is 17.6 Å². The average molecular weight is 357 g/mol. The maximum absolute atomic E-state index is 12.3. The van der Waals surface area contributed by atoms with Gasteiger partial charge in [0.25, 0.3) is 5.91 Å². The van der Waals surface area contributed by atoms with Crippen LogP contribution in [-0.4, -0.2) is 38.3 Å². The van der Waals surface area contributed by atoms with E-state index in [4.69, 9.17) is 18.9 Å². The molecule has 1 aliphatic rings. The zero-order chi connectivity index (χ0) is 18.5. The number of carbonyl (C=O) groups excluding carboxylic acids is 2. The van der Waals surface area contributed by atoms with Crippen LogP contribution in [0.2, 0.25) is 0 Å². The van der Waals surface area contributed by atoms with Crippen molar-refractivity contribution in [3.63, 3.8) is 0 Å². The van der Waals surface area contributed by atoms with Crippen LogP contribution in [0, 0.1) is 0 Å². The summed E-state index contributed by atoms with van der Waals surface area (Å²) in [5.74, 6) is 0.492. The topological polar surface area (TPSA) is 83.1 Å². The molecular weight excluding hydrogens is 338 g/mol. The Morgan fingerprint density at radius 1 is 1.08 bits per heavy atom. The van der Waals surface area contributed by atoms with Crippen LogP contribution in [0.1, 0.15) is 17.3 Å². The van der Waals surface area contributed by atoms with Gasteiger partial charge >= 0.3 is 5.97 Å². The Balaban J connectivity index is 1.63. The second-order valence-electron chi connectivity index (χ2n) is 5.60. The van der Waals surface area contributed by atoms with Crippen molar-refractivity contribution in [1.29, 1.82) is 0 Å². The first kappa shape index (κ1) is 17.6. The SMILES string of the molecule is COc1ccccc1C(=O)O[C@H](C)C(=O)Nc1ccc2c(c1)OCCO2. The summed E-state index contributed by atoms with van der Waals surface area (Å²) in [5.41, 5.74) is 0.786. The number of ether oxygens (including phenoxy) is 4. The lowest BCUT2D eigenvalue weighted by atomic mass is 10.2. The Kier molecular flexibility index (Phi) is 5.26. The number of methoxy groups -OCH3 is 1. The zero-order valence-corrected chi connectivity index (χ0v) is 14.5. The molecule has 136 valence electrons. The summed E-state index contributed by atoms with van der Waals surface area (Å²) in [7, 11) is 1.46. The molecule has 1 amide bonds. The first-order chi connectivity index (χ1) is 12.6. The highest BCUT2D eigenvalue weighted by atomic mass is 16.6. The van der Waals surface area contributed by atoms with Gasteiger partial charge in [0, 0.05) is 11.8 Å². The smallest absolute Gasteiger partial charge is 0.342 e. The molecule has 0 spiro atoms. The van der Waals surface area contributed by atoms with E-state index in [2.05, 4.69) is 5.32 Å². The minimum Gasteiger partial charge on any atom is -0.496 e. The van der Waals surface area contributed by atoms with Crippen LogP contribution < -0.4 is 19.5 Å². The molecule has 1 aliphatic heterocycles. The van der Waals surface area contributed by atoms with Crippen molar-refractivity contribution in [2.75, 3.05) is 25.6 Å². The molecule has 7 heteroatoms. The van der Waals surface area contributed by atoms with Crippen LogP contribution in [0.4, 0.5) is 5.69 Å². The van der Waals surface area contributed by atoms with Crippen molar-refractivity contribution in [3.8, 4) is 17.2 Å². The second-order valence-corrected chi connectivity index (χ2v) is 5.60. The Morgan fingerprint density at radius 3 is 2.58 bits per heavy atom. The molecule has 0 aromatic heterocycles. The molecule has 2 aromatic carbocycles. The fourth-order valence-corrected chi connectivity index (χ4v) is 2.46. The molecule has 1 N–H and O–H groups in total. The number of benzene rings is 2. The fourth-order valence-electron chi connectivity index (χ4n) is 2.46. The summed E-state index contributed by atoms with van der Waals surface area (Å²) in [6.45, 7) is 2.45. The Labute approximate surface area is 150 Å². The molecule has 1 atom stereocenters. The van der Waals surface area contributed by atoms with E-state index in [0.717, 1.165) is 0 Å². The summed E-state index contributed by atoms with van der Waals surface area (Å²) in [5, 5.41) is 2.69. The van der Waals surface area contributed by atoms with Crippen molar-refractivity contribution in [2.24, 2.45) is 0 Å². The molecule has 0 fully saturated rings. The quantitative estimate of drug-likeness (QED) is 0.829. The van der Waals surface area contributed by atoms with Gasteiger partial charge in [0.2, 0.25) is 0 Å². The third kappa shape index (κ3) is 3.88. The van der Waals surface area contributed by atoms with Gasteiger partial charge in [-0.15, -0.1) is 0 Å². The third-order valence-electron chi connectivity index (χ3n) is 3.79. The molecule has 0 bridgehead atoms. The molecular formula is C19H19NO6. The van der Waals surface area contributed by atoms with Gasteiger partial charge in [-0.05, 0) is 31.2 Å². The lowest BCUT2D eigenvalue weighted by molar-refractivity contribution is -0.123. The summed E-state index contributed by atoms with van der Waals surface area (Å²) < 4.78 is 21.3. The van der Waals surface area contributed by atoms with Crippen LogP contribution >= 0.6 is 0 Å². The number of esters is 1. The number of nitrogens with one attached hydrogen (secondary N) is 1. The summed E-state index contributed by atoms with van der Waals surface area (Å²) in [6.07, 6.45) is -0.986. The summed E-state index contributed by atoms with van der Waals surface area (Å²) in [4.78, 5) is 24.6. The Bertz CT molecular complexity index is 819. The van der Waals surface area contributed by atoms with E-state index in [1.54, 1.807) is 42.5 Å². The van der Waals surface area contributed by atoms with Gasteiger partial charge in [0.05, 0.1) is 7.11 Å². The number of fused-ring (bicyclic) bond motifs is 1. The molecule has 1 heterocycles. The molecule has 0 radical (unpaired) electrons. The number of rotatable bonds is 5. The molecule has 0 saturated carbocycles. The number of carbonyl (C=O) groups is 2. The monoisotopic (exact) mass is 357 g/mol. The normalized spacial score (nSPS) is 13.5. The Hall–Kier alpha value is -3.22. The predicted octanol–water partition coefficient (Wildman–Crippen LogP) is 2.65. The van der Waals surface area contributed by atoms with E-state index in [1.165, 1.54) is 14.0 Å². The van der Waals surface area contributed by atoms with Crippen molar-refractivity contribution in [2.45, 2.75) is 13.0 Å². The van der Waals surface area contributed by atoms with Crippen LogP contribution in [-0.2, 0) is 9.53 Å². The predicted molar refractivity (Wildman–Crippen MR) is 93.9 cm³/mol. The fraction of sp³-hybridized carbons (Fsp3) is 0.263. The number of hydrogen-bond acceptors (Lipinski definition) is 6. The summed E-state index contributed by atoms with van der Waals surface area (Å²) >= 11 is 0. The van der Waals surface area contributed by atoms with E-state index < -0.39 is 18.0 Å². The molecule has 7 nitrogen and oxygen atoms in total. The second kappa shape index (κ2) is 7.77. The Morgan fingerprint density at radius 2 is 1.81 bits per heavy atom. The number of hydrogen-bond donors (Lipinski definition) is 1. The number of para-hydroxylation sites is 1. The minimum atomic E-state index is -0.986. The van der Waals surface area contributed by atoms with E-state index in [0.29, 0.717) is 36.1 Å². The first-order valence-corrected chi connectivity index (χ1v) is 8.13. The molecule has 0 unspecified atom stereocenters. The first-order valence-electron chi connectivity index (χ1n) is 8.13. The van der Waals surface area contributed by atoms with E-state index in [9.17, 15) is 9.59 Å². The van der Waals surface area contributed by atoms with Crippen LogP contribution in [0.3, 0.4) is 0 Å². The number of amides is 1. The maximum atomic E-state index is 12.3. The van der Waals surface area contributed by atoms with Gasteiger partial charge in [-0.2, -0.15) is 0 Å². The zero-order valence-electron chi connectivity index (χ0n) is 14.5. The number of anilines is 1. The van der Waals surface area contributed by atoms with Gasteiger partial charge in [0.15, 0.2) is 17.6 Å². The van der Waals surface area contributed by atoms with E-state index in [-0.39, 0.29) is 5.56 Å². The van der Waals surface area contributed by atoms with Gasteiger partial charge in [0.1, 0.15) is 24.5 Å². The third-order valence-corrected chi connectivity index (χ3v) is 3.79. The highest BCUT2D eigenvalue weighted by Gasteiger charge is 2.22. The van der Waals surface area contributed by atoms with Gasteiger partial charge in [-0.3, -0.25) is 4.79 Å². The van der Waals surface area contributed by atoms with Crippen LogP contribution in [0.5, 0.6) is 17.2 Å². The standard InChI is InChI=1S/C19H19NO6/c1-12(26-19(22)14-5-3-4-6-15(14)23-2)18(21)20-13-7-8-16-17(11-13)25-10-9-24-16/h3-8,11-12H,9-10H2,1-2H3,(H,20,21)/t12-/m1/s1. The minimum absolute atomic E-state index is 0.258. The van der Waals surface area contributed by atoms with E-state index in [1.807, 2.05) is 0 Å². The molecule has 0 aliphatic carbocycles. The lowest BCUT2D eigenvalue weighted by Crippen LogP contribution is -2.30. The largest absolute Gasteiger partial charge is 0.496 e. The van der Waals surface area contributed by atoms with E-state index >= 15 is 0 Å². The molecule has 2 aromatic rings. The van der Waals surface area contributed by atoms with Crippen molar-refractivity contribution < 1.29 is 28.5 Å². The van der Waals surface area contributed by atoms with Gasteiger partial charge < -0.3 is 24.3 Å². The lowest BCUT2D eigenvalue weighted by Gasteiger charge is -2.19. The molecule has 0 saturated heterocycles. The van der Waals surface area contributed by atoms with Crippen LogP contribution in [0.25, 0.3) is 0 Å². The summed E-state index contributed by atoms with van der Waals surface area (Å²) in [6, 6.07) is 11.7. The van der Waals surface area contributed by atoms with Gasteiger partial charge in [-0.1, -0.05) is 12.1 Å². The highest BCUT2D eigenvalue weighted by Crippen LogP contribution is 2.32. The van der Waals surface area contributed by atoms with Crippen molar-refractivity contribution in [3.05, 3.63) is 48.0 Å². The molecule has 3 rings (SSSR count). The average Bonchev–Trinajstić information content (AvgIpc) is 2.67. The maximum Gasteiger partial charge on any atom is 0.342 e. The van der Waals surface area contributed by atoms with Crippen molar-refractivity contribution in [1.82, 2.24) is 0 Å². The molecule has 26 heavy (non-hydrogen) atoms. The highest BCUT2D eigenvalue weighted by molar-refractivity contribution is 5.98. The van der Waals surface area contributed by atoms with Gasteiger partial charge in [-0.25, -0.2) is 4.79 Å².